The average Bonchev–Trinajstić information content (AvgIpc) is 2.52. The molecule has 0 unspecified atom stereocenters. The number of hydrogen-bond acceptors (Lipinski definition) is 3. The Balaban J connectivity index is 2.78. The van der Waals surface area contributed by atoms with Gasteiger partial charge < -0.3 is 20.1 Å². The van der Waals surface area contributed by atoms with Gasteiger partial charge >= 0.3 is 6.61 Å². The smallest absolute Gasteiger partial charge is 0.387 e. The Bertz CT molecular complexity index is 496. The van der Waals surface area contributed by atoms with Crippen molar-refractivity contribution in [2.75, 3.05) is 20.2 Å². The summed E-state index contributed by atoms with van der Waals surface area (Å²) in [7, 11) is 1.41. The van der Waals surface area contributed by atoms with Gasteiger partial charge in [0, 0.05) is 13.1 Å². The zero-order valence-corrected chi connectivity index (χ0v) is 13.9. The van der Waals surface area contributed by atoms with E-state index in [9.17, 15) is 8.78 Å². The van der Waals surface area contributed by atoms with Gasteiger partial charge in [-0.05, 0) is 31.0 Å². The molecular formula is C16H25F2N3O2. The van der Waals surface area contributed by atoms with Gasteiger partial charge in [0.15, 0.2) is 17.5 Å². The Hall–Kier alpha value is -2.05. The van der Waals surface area contributed by atoms with Crippen molar-refractivity contribution in [3.05, 3.63) is 23.8 Å². The number of benzene rings is 1. The first kappa shape index (κ1) is 19.0. The highest BCUT2D eigenvalue weighted by Gasteiger charge is 2.11. The van der Waals surface area contributed by atoms with Crippen LogP contribution in [0, 0.1) is 0 Å². The lowest BCUT2D eigenvalue weighted by Gasteiger charge is -2.12. The lowest BCUT2D eigenvalue weighted by molar-refractivity contribution is -0.0512. The van der Waals surface area contributed by atoms with E-state index in [1.54, 1.807) is 12.1 Å². The molecule has 0 aliphatic heterocycles. The largest absolute Gasteiger partial charge is 0.493 e. The zero-order valence-electron chi connectivity index (χ0n) is 13.9. The van der Waals surface area contributed by atoms with Gasteiger partial charge in [0.2, 0.25) is 0 Å². The molecule has 1 rings (SSSR count). The monoisotopic (exact) mass is 329 g/mol. The standard InChI is InChI=1S/C16H25F2N3O2/c1-4-6-9-20-16(19-5-2)21-11-12-7-8-13(22-3)14(10-12)23-15(17)18/h7-8,10,15H,4-6,9,11H2,1-3H3,(H2,19,20,21). The highest BCUT2D eigenvalue weighted by Crippen LogP contribution is 2.29. The van der Waals surface area contributed by atoms with Crippen molar-refractivity contribution in [3.8, 4) is 11.5 Å². The summed E-state index contributed by atoms with van der Waals surface area (Å²) in [6.45, 7) is 3.15. The van der Waals surface area contributed by atoms with Crippen LogP contribution in [0.1, 0.15) is 32.3 Å². The summed E-state index contributed by atoms with van der Waals surface area (Å²) in [6, 6.07) is 4.89. The number of guanidine groups is 1. The molecule has 1 aromatic carbocycles. The number of aliphatic imine (C=N–C) groups is 1. The number of rotatable bonds is 9. The van der Waals surface area contributed by atoms with Gasteiger partial charge in [0.1, 0.15) is 0 Å². The van der Waals surface area contributed by atoms with Crippen molar-refractivity contribution in [3.63, 3.8) is 0 Å². The van der Waals surface area contributed by atoms with Crippen molar-refractivity contribution in [2.45, 2.75) is 39.8 Å². The van der Waals surface area contributed by atoms with E-state index in [4.69, 9.17) is 4.74 Å². The SMILES string of the molecule is CCCCNC(=NCc1ccc(OC)c(OC(F)F)c1)NCC. The first-order valence-corrected chi connectivity index (χ1v) is 7.74. The molecule has 0 saturated heterocycles. The lowest BCUT2D eigenvalue weighted by Crippen LogP contribution is -2.37. The minimum Gasteiger partial charge on any atom is -0.493 e. The third kappa shape index (κ3) is 7.17. The number of nitrogens with zero attached hydrogens (tertiary/aromatic N) is 1. The molecule has 0 aliphatic rings. The molecule has 7 heteroatoms. The van der Waals surface area contributed by atoms with Crippen molar-refractivity contribution < 1.29 is 18.3 Å². The van der Waals surface area contributed by atoms with Crippen molar-refractivity contribution >= 4 is 5.96 Å². The third-order valence-electron chi connectivity index (χ3n) is 3.03. The van der Waals surface area contributed by atoms with Crippen LogP contribution in [-0.2, 0) is 6.54 Å². The van der Waals surface area contributed by atoms with Crippen LogP contribution in [0.2, 0.25) is 0 Å². The second-order valence-electron chi connectivity index (χ2n) is 4.84. The predicted molar refractivity (Wildman–Crippen MR) is 87.4 cm³/mol. The molecule has 0 bridgehead atoms. The summed E-state index contributed by atoms with van der Waals surface area (Å²) in [5, 5.41) is 6.37. The summed E-state index contributed by atoms with van der Waals surface area (Å²) < 4.78 is 34.3. The molecule has 0 heterocycles. The molecule has 23 heavy (non-hydrogen) atoms. The fraction of sp³-hybridized carbons (Fsp3) is 0.562. The van der Waals surface area contributed by atoms with E-state index in [0.717, 1.165) is 31.5 Å². The molecule has 1 aromatic rings. The summed E-state index contributed by atoms with van der Waals surface area (Å²) in [5.74, 6) is 0.984. The molecule has 5 nitrogen and oxygen atoms in total. The highest BCUT2D eigenvalue weighted by atomic mass is 19.3. The number of alkyl halides is 2. The van der Waals surface area contributed by atoms with Gasteiger partial charge in [-0.2, -0.15) is 8.78 Å². The number of nitrogens with one attached hydrogen (secondary N) is 2. The molecule has 0 spiro atoms. The van der Waals surface area contributed by atoms with Crippen LogP contribution in [0.25, 0.3) is 0 Å². The summed E-state index contributed by atoms with van der Waals surface area (Å²) >= 11 is 0. The second kappa shape index (κ2) is 10.6. The first-order chi connectivity index (χ1) is 11.1. The fourth-order valence-electron chi connectivity index (χ4n) is 1.90. The van der Waals surface area contributed by atoms with Crippen molar-refractivity contribution in [1.82, 2.24) is 10.6 Å². The average molecular weight is 329 g/mol. The van der Waals surface area contributed by atoms with Crippen LogP contribution in [-0.4, -0.2) is 32.8 Å². The van der Waals surface area contributed by atoms with Gasteiger partial charge in [-0.3, -0.25) is 0 Å². The van der Waals surface area contributed by atoms with Gasteiger partial charge in [-0.25, -0.2) is 4.99 Å². The van der Waals surface area contributed by atoms with Crippen molar-refractivity contribution in [2.24, 2.45) is 4.99 Å². The third-order valence-corrected chi connectivity index (χ3v) is 3.03. The van der Waals surface area contributed by atoms with E-state index >= 15 is 0 Å². The molecular weight excluding hydrogens is 304 g/mol. The normalized spacial score (nSPS) is 11.5. The van der Waals surface area contributed by atoms with Crippen LogP contribution in [0.5, 0.6) is 11.5 Å². The maximum atomic E-state index is 12.4. The zero-order chi connectivity index (χ0) is 17.1. The van der Waals surface area contributed by atoms with Gasteiger partial charge in [-0.15, -0.1) is 0 Å². The van der Waals surface area contributed by atoms with Gasteiger partial charge in [-0.1, -0.05) is 19.4 Å². The van der Waals surface area contributed by atoms with E-state index < -0.39 is 6.61 Å². The molecule has 0 atom stereocenters. The minimum absolute atomic E-state index is 0.0131. The Kier molecular flexibility index (Phi) is 8.79. The molecule has 130 valence electrons. The first-order valence-electron chi connectivity index (χ1n) is 7.74. The summed E-state index contributed by atoms with van der Waals surface area (Å²) in [5.41, 5.74) is 0.758. The predicted octanol–water partition coefficient (Wildman–Crippen LogP) is 3.15. The Labute approximate surface area is 136 Å². The van der Waals surface area contributed by atoms with E-state index in [1.165, 1.54) is 13.2 Å². The van der Waals surface area contributed by atoms with E-state index in [1.807, 2.05) is 6.92 Å². The Morgan fingerprint density at radius 1 is 1.22 bits per heavy atom. The van der Waals surface area contributed by atoms with E-state index in [2.05, 4.69) is 27.3 Å². The molecule has 0 saturated carbocycles. The molecule has 0 radical (unpaired) electrons. The van der Waals surface area contributed by atoms with Crippen LogP contribution in [0.15, 0.2) is 23.2 Å². The van der Waals surface area contributed by atoms with Crippen LogP contribution < -0.4 is 20.1 Å². The quantitative estimate of drug-likeness (QED) is 0.415. The summed E-state index contributed by atoms with van der Waals surface area (Å²) in [4.78, 5) is 4.44. The Morgan fingerprint density at radius 2 is 2.00 bits per heavy atom. The number of ether oxygens (including phenoxy) is 2. The highest BCUT2D eigenvalue weighted by molar-refractivity contribution is 5.79. The van der Waals surface area contributed by atoms with Crippen molar-refractivity contribution in [1.29, 1.82) is 0 Å². The van der Waals surface area contributed by atoms with E-state index in [0.29, 0.717) is 12.5 Å². The minimum atomic E-state index is -2.89. The van der Waals surface area contributed by atoms with Gasteiger partial charge in [0.25, 0.3) is 0 Å². The van der Waals surface area contributed by atoms with Crippen LogP contribution in [0.4, 0.5) is 8.78 Å². The molecule has 0 aromatic heterocycles. The maximum Gasteiger partial charge on any atom is 0.387 e. The number of methoxy groups -OCH3 is 1. The molecule has 0 amide bonds. The molecule has 2 N–H and O–H groups in total. The topological polar surface area (TPSA) is 54.9 Å². The molecule has 0 fully saturated rings. The van der Waals surface area contributed by atoms with Crippen LogP contribution >= 0.6 is 0 Å². The fourth-order valence-corrected chi connectivity index (χ4v) is 1.90. The van der Waals surface area contributed by atoms with E-state index in [-0.39, 0.29) is 11.5 Å². The molecule has 0 aliphatic carbocycles. The van der Waals surface area contributed by atoms with Crippen LogP contribution in [0.3, 0.4) is 0 Å². The number of hydrogen-bond donors (Lipinski definition) is 2. The maximum absolute atomic E-state index is 12.4. The number of unbranched alkanes of at least 4 members (excludes halogenated alkanes) is 1. The summed E-state index contributed by atoms with van der Waals surface area (Å²) in [6.07, 6.45) is 2.15. The van der Waals surface area contributed by atoms with Gasteiger partial charge in [0.05, 0.1) is 13.7 Å². The number of halogens is 2. The Morgan fingerprint density at radius 3 is 2.61 bits per heavy atom. The lowest BCUT2D eigenvalue weighted by atomic mass is 10.2. The second-order valence-corrected chi connectivity index (χ2v) is 4.84.